The van der Waals surface area contributed by atoms with Gasteiger partial charge in [-0.2, -0.15) is 0 Å². The molecule has 3 atom stereocenters. The molecule has 1 aromatic carbocycles. The Morgan fingerprint density at radius 2 is 1.90 bits per heavy atom. The van der Waals surface area contributed by atoms with Gasteiger partial charge in [0.2, 0.25) is 11.5 Å². The second-order valence-corrected chi connectivity index (χ2v) is 7.57. The number of hydrogen-bond donors (Lipinski definition) is 2. The smallest absolute Gasteiger partial charge is 0.271 e. The summed E-state index contributed by atoms with van der Waals surface area (Å²) in [4.78, 5) is 30.3. The van der Waals surface area contributed by atoms with Gasteiger partial charge in [0.1, 0.15) is 17.7 Å². The summed E-state index contributed by atoms with van der Waals surface area (Å²) in [6.07, 6.45) is 2.99. The number of halogens is 2. The zero-order valence-electron chi connectivity index (χ0n) is 15.6. The standard InChI is InChI=1S/C20H21F2N3O4/c1-2-20(9-16(25-29-20)11-5-12(21)7-13(22)6-11)19(27)24-15-8-17(28-10-15)18(26)23-14-3-4-14/h2,5-7,14-15,17H,1,3-4,8-10H2,(H,23,26)(H,24,27)/t15?,17?,20-/m1/s1. The molecule has 2 aliphatic heterocycles. The molecule has 1 aromatic rings. The minimum absolute atomic E-state index is 0.0234. The molecule has 154 valence electrons. The van der Waals surface area contributed by atoms with Crippen LogP contribution in [0, 0.1) is 11.6 Å². The number of amides is 2. The van der Waals surface area contributed by atoms with E-state index in [0.29, 0.717) is 6.42 Å². The van der Waals surface area contributed by atoms with Crippen molar-refractivity contribution in [2.75, 3.05) is 6.61 Å². The van der Waals surface area contributed by atoms with Crippen LogP contribution in [-0.4, -0.2) is 47.9 Å². The molecule has 4 rings (SSSR count). The molecule has 3 aliphatic rings. The SMILES string of the molecule is C=C[C@]1(C(=O)NC2COC(C(=O)NC3CC3)C2)CC(c2cc(F)cc(F)c2)=NO1. The monoisotopic (exact) mass is 405 g/mol. The maximum absolute atomic E-state index is 13.5. The molecular weight excluding hydrogens is 384 g/mol. The van der Waals surface area contributed by atoms with Crippen molar-refractivity contribution in [3.05, 3.63) is 48.1 Å². The lowest BCUT2D eigenvalue weighted by Crippen LogP contribution is -2.49. The van der Waals surface area contributed by atoms with E-state index in [1.54, 1.807) is 0 Å². The summed E-state index contributed by atoms with van der Waals surface area (Å²) in [5, 5.41) is 9.53. The molecule has 2 fully saturated rings. The number of nitrogens with one attached hydrogen (secondary N) is 2. The average molecular weight is 405 g/mol. The maximum atomic E-state index is 13.5. The normalized spacial score (nSPS) is 28.4. The summed E-state index contributed by atoms with van der Waals surface area (Å²) >= 11 is 0. The Balaban J connectivity index is 1.37. The zero-order chi connectivity index (χ0) is 20.6. The predicted molar refractivity (Wildman–Crippen MR) is 99.0 cm³/mol. The second kappa shape index (κ2) is 7.55. The van der Waals surface area contributed by atoms with Gasteiger partial charge in [-0.15, -0.1) is 0 Å². The minimum Gasteiger partial charge on any atom is -0.374 e. The van der Waals surface area contributed by atoms with E-state index in [2.05, 4.69) is 22.4 Å². The fourth-order valence-corrected chi connectivity index (χ4v) is 3.39. The molecular formula is C20H21F2N3O4. The molecule has 29 heavy (non-hydrogen) atoms. The summed E-state index contributed by atoms with van der Waals surface area (Å²) in [6.45, 7) is 3.85. The van der Waals surface area contributed by atoms with E-state index in [4.69, 9.17) is 9.57 Å². The summed E-state index contributed by atoms with van der Waals surface area (Å²) in [5.41, 5.74) is -1.06. The largest absolute Gasteiger partial charge is 0.374 e. The number of hydrogen-bond acceptors (Lipinski definition) is 5. The van der Waals surface area contributed by atoms with Crippen molar-refractivity contribution in [1.29, 1.82) is 0 Å². The molecule has 7 nitrogen and oxygen atoms in total. The van der Waals surface area contributed by atoms with Gasteiger partial charge in [-0.25, -0.2) is 8.78 Å². The number of benzene rings is 1. The van der Waals surface area contributed by atoms with Crippen LogP contribution in [0.1, 0.15) is 31.2 Å². The lowest BCUT2D eigenvalue weighted by Gasteiger charge is -2.23. The Bertz CT molecular complexity index is 866. The average Bonchev–Trinajstić information content (AvgIpc) is 3.19. The van der Waals surface area contributed by atoms with Gasteiger partial charge in [0.25, 0.3) is 5.91 Å². The highest BCUT2D eigenvalue weighted by molar-refractivity contribution is 6.06. The quantitative estimate of drug-likeness (QED) is 0.703. The minimum atomic E-state index is -1.49. The first-order chi connectivity index (χ1) is 13.9. The molecule has 2 heterocycles. The summed E-state index contributed by atoms with van der Waals surface area (Å²) in [5.74, 6) is -2.16. The van der Waals surface area contributed by atoms with Crippen molar-refractivity contribution in [1.82, 2.24) is 10.6 Å². The van der Waals surface area contributed by atoms with E-state index in [-0.39, 0.29) is 42.3 Å². The first kappa shape index (κ1) is 19.5. The molecule has 2 amide bonds. The molecule has 1 saturated heterocycles. The molecule has 2 N–H and O–H groups in total. The summed E-state index contributed by atoms with van der Waals surface area (Å²) in [7, 11) is 0. The number of nitrogens with zero attached hydrogens (tertiary/aromatic N) is 1. The van der Waals surface area contributed by atoms with Crippen LogP contribution in [0.4, 0.5) is 8.78 Å². The van der Waals surface area contributed by atoms with Crippen LogP contribution in [0.2, 0.25) is 0 Å². The van der Waals surface area contributed by atoms with E-state index < -0.39 is 29.2 Å². The summed E-state index contributed by atoms with van der Waals surface area (Å²) < 4.78 is 32.5. The lowest BCUT2D eigenvalue weighted by molar-refractivity contribution is -0.139. The molecule has 1 aliphatic carbocycles. The van der Waals surface area contributed by atoms with Crippen LogP contribution in [0.3, 0.4) is 0 Å². The van der Waals surface area contributed by atoms with Crippen LogP contribution in [0.15, 0.2) is 36.0 Å². The number of oxime groups is 1. The molecule has 0 radical (unpaired) electrons. The molecule has 2 unspecified atom stereocenters. The third-order valence-corrected chi connectivity index (χ3v) is 5.21. The predicted octanol–water partition coefficient (Wildman–Crippen LogP) is 1.57. The van der Waals surface area contributed by atoms with Gasteiger partial charge >= 0.3 is 0 Å². The maximum Gasteiger partial charge on any atom is 0.271 e. The zero-order valence-corrected chi connectivity index (χ0v) is 15.6. The van der Waals surface area contributed by atoms with Crippen LogP contribution < -0.4 is 10.6 Å². The Morgan fingerprint density at radius 3 is 2.55 bits per heavy atom. The molecule has 9 heteroatoms. The Morgan fingerprint density at radius 1 is 1.17 bits per heavy atom. The van der Waals surface area contributed by atoms with Gasteiger partial charge in [0.05, 0.1) is 18.4 Å². The van der Waals surface area contributed by atoms with Crippen LogP contribution in [0.25, 0.3) is 0 Å². The topological polar surface area (TPSA) is 89.0 Å². The first-order valence-electron chi connectivity index (χ1n) is 9.46. The Hall–Kier alpha value is -2.81. The third kappa shape index (κ3) is 4.14. The highest BCUT2D eigenvalue weighted by Gasteiger charge is 2.46. The molecule has 0 aromatic heterocycles. The number of rotatable bonds is 6. The van der Waals surface area contributed by atoms with Crippen molar-refractivity contribution in [3.63, 3.8) is 0 Å². The van der Waals surface area contributed by atoms with E-state index in [9.17, 15) is 18.4 Å². The Kier molecular flexibility index (Phi) is 5.08. The second-order valence-electron chi connectivity index (χ2n) is 7.57. The van der Waals surface area contributed by atoms with Crippen molar-refractivity contribution in [2.45, 2.75) is 49.5 Å². The van der Waals surface area contributed by atoms with Crippen molar-refractivity contribution in [2.24, 2.45) is 5.16 Å². The van der Waals surface area contributed by atoms with E-state index in [1.165, 1.54) is 6.08 Å². The Labute approximate surface area is 166 Å². The number of carbonyl (C=O) groups excluding carboxylic acids is 2. The van der Waals surface area contributed by atoms with Crippen LogP contribution in [-0.2, 0) is 19.2 Å². The fraction of sp³-hybridized carbons (Fsp3) is 0.450. The van der Waals surface area contributed by atoms with Gasteiger partial charge in [-0.05, 0) is 31.1 Å². The highest BCUT2D eigenvalue weighted by atomic mass is 19.1. The van der Waals surface area contributed by atoms with E-state index >= 15 is 0 Å². The van der Waals surface area contributed by atoms with E-state index in [0.717, 1.165) is 31.0 Å². The van der Waals surface area contributed by atoms with Gasteiger partial charge in [0.15, 0.2) is 0 Å². The van der Waals surface area contributed by atoms with Gasteiger partial charge in [0, 0.05) is 30.5 Å². The van der Waals surface area contributed by atoms with Crippen molar-refractivity contribution >= 4 is 17.5 Å². The first-order valence-corrected chi connectivity index (χ1v) is 9.46. The van der Waals surface area contributed by atoms with E-state index in [1.807, 2.05) is 0 Å². The molecule has 0 bridgehead atoms. The van der Waals surface area contributed by atoms with Crippen LogP contribution in [0.5, 0.6) is 0 Å². The third-order valence-electron chi connectivity index (χ3n) is 5.21. The molecule has 0 spiro atoms. The van der Waals surface area contributed by atoms with Gasteiger partial charge in [-0.1, -0.05) is 11.7 Å². The lowest BCUT2D eigenvalue weighted by atomic mass is 9.92. The number of carbonyl (C=O) groups is 2. The van der Waals surface area contributed by atoms with Crippen LogP contribution >= 0.6 is 0 Å². The molecule has 1 saturated carbocycles. The van der Waals surface area contributed by atoms with Gasteiger partial charge in [-0.3, -0.25) is 9.59 Å². The fourth-order valence-electron chi connectivity index (χ4n) is 3.39. The highest BCUT2D eigenvalue weighted by Crippen LogP contribution is 2.30. The van der Waals surface area contributed by atoms with Crippen molar-refractivity contribution in [3.8, 4) is 0 Å². The summed E-state index contributed by atoms with van der Waals surface area (Å²) in [6, 6.07) is 2.86. The number of ether oxygens (including phenoxy) is 1. The van der Waals surface area contributed by atoms with Crippen molar-refractivity contribution < 1.29 is 27.9 Å². The van der Waals surface area contributed by atoms with Gasteiger partial charge < -0.3 is 20.2 Å².